The SMILES string of the molecule is Nc1ncc(-c2ccccc2F)cc1-c1ccc2c(c1)CCN=C2. The van der Waals surface area contributed by atoms with Crippen molar-refractivity contribution >= 4 is 12.0 Å². The second kappa shape index (κ2) is 5.89. The number of anilines is 1. The molecule has 3 aromatic rings. The molecule has 0 atom stereocenters. The van der Waals surface area contributed by atoms with Gasteiger partial charge in [0.15, 0.2) is 0 Å². The fourth-order valence-electron chi connectivity index (χ4n) is 3.01. The van der Waals surface area contributed by atoms with Gasteiger partial charge in [-0.2, -0.15) is 0 Å². The molecule has 0 saturated heterocycles. The summed E-state index contributed by atoms with van der Waals surface area (Å²) in [4.78, 5) is 8.57. The number of nitrogens with zero attached hydrogens (tertiary/aromatic N) is 2. The van der Waals surface area contributed by atoms with Crippen LogP contribution in [0.4, 0.5) is 10.2 Å². The molecule has 0 spiro atoms. The van der Waals surface area contributed by atoms with Crippen LogP contribution in [-0.4, -0.2) is 17.7 Å². The first-order valence-corrected chi connectivity index (χ1v) is 7.86. The van der Waals surface area contributed by atoms with Crippen molar-refractivity contribution < 1.29 is 4.39 Å². The molecule has 0 amide bonds. The highest BCUT2D eigenvalue weighted by molar-refractivity contribution is 5.86. The zero-order valence-electron chi connectivity index (χ0n) is 13.0. The zero-order valence-corrected chi connectivity index (χ0v) is 13.0. The second-order valence-corrected chi connectivity index (χ2v) is 5.84. The summed E-state index contributed by atoms with van der Waals surface area (Å²) < 4.78 is 14.1. The third-order valence-electron chi connectivity index (χ3n) is 4.30. The minimum atomic E-state index is -0.267. The molecule has 3 nitrogen and oxygen atoms in total. The monoisotopic (exact) mass is 317 g/mol. The molecular formula is C20H16FN3. The Kier molecular flexibility index (Phi) is 3.58. The topological polar surface area (TPSA) is 51.3 Å². The first-order chi connectivity index (χ1) is 11.7. The highest BCUT2D eigenvalue weighted by Crippen LogP contribution is 2.32. The van der Waals surface area contributed by atoms with Crippen LogP contribution < -0.4 is 5.73 Å². The minimum Gasteiger partial charge on any atom is -0.383 e. The van der Waals surface area contributed by atoms with Gasteiger partial charge in [0.05, 0.1) is 0 Å². The van der Waals surface area contributed by atoms with E-state index in [1.54, 1.807) is 18.3 Å². The molecule has 0 aliphatic carbocycles. The molecule has 2 N–H and O–H groups in total. The lowest BCUT2D eigenvalue weighted by atomic mass is 9.95. The largest absolute Gasteiger partial charge is 0.383 e. The van der Waals surface area contributed by atoms with Gasteiger partial charge in [0.25, 0.3) is 0 Å². The Morgan fingerprint density at radius 1 is 0.958 bits per heavy atom. The van der Waals surface area contributed by atoms with E-state index in [0.717, 1.165) is 35.2 Å². The molecule has 0 bridgehead atoms. The average molecular weight is 317 g/mol. The van der Waals surface area contributed by atoms with Crippen LogP contribution in [0, 0.1) is 5.82 Å². The van der Waals surface area contributed by atoms with Gasteiger partial charge in [-0.15, -0.1) is 0 Å². The molecule has 0 radical (unpaired) electrons. The van der Waals surface area contributed by atoms with Gasteiger partial charge in [-0.25, -0.2) is 9.37 Å². The van der Waals surface area contributed by atoms with Crippen LogP contribution in [0.2, 0.25) is 0 Å². The number of halogens is 1. The number of nitrogen functional groups attached to an aromatic ring is 1. The number of aliphatic imine (C=N–C) groups is 1. The Morgan fingerprint density at radius 3 is 2.71 bits per heavy atom. The molecule has 1 aliphatic rings. The van der Waals surface area contributed by atoms with Gasteiger partial charge in [0, 0.05) is 35.6 Å². The van der Waals surface area contributed by atoms with Crippen molar-refractivity contribution in [1.82, 2.24) is 4.98 Å². The smallest absolute Gasteiger partial charge is 0.131 e. The normalized spacial score (nSPS) is 12.9. The van der Waals surface area contributed by atoms with E-state index in [0.29, 0.717) is 11.4 Å². The number of aromatic nitrogens is 1. The van der Waals surface area contributed by atoms with E-state index >= 15 is 0 Å². The van der Waals surface area contributed by atoms with Crippen molar-refractivity contribution in [2.45, 2.75) is 6.42 Å². The summed E-state index contributed by atoms with van der Waals surface area (Å²) in [5, 5.41) is 0. The molecule has 24 heavy (non-hydrogen) atoms. The maximum Gasteiger partial charge on any atom is 0.131 e. The molecular weight excluding hydrogens is 301 g/mol. The predicted molar refractivity (Wildman–Crippen MR) is 95.6 cm³/mol. The molecule has 0 unspecified atom stereocenters. The molecule has 4 heteroatoms. The van der Waals surface area contributed by atoms with E-state index in [1.807, 2.05) is 30.5 Å². The lowest BCUT2D eigenvalue weighted by Gasteiger charge is -2.13. The van der Waals surface area contributed by atoms with Gasteiger partial charge in [-0.1, -0.05) is 36.4 Å². The maximum absolute atomic E-state index is 14.1. The summed E-state index contributed by atoms with van der Waals surface area (Å²) in [5.74, 6) is 0.177. The Balaban J connectivity index is 1.83. The van der Waals surface area contributed by atoms with Crippen molar-refractivity contribution in [3.8, 4) is 22.3 Å². The standard InChI is InChI=1S/C20H16FN3/c21-19-4-2-1-3-17(19)16-10-18(20(22)24-12-16)14-5-6-15-11-23-8-7-13(15)9-14/h1-6,9-12H,7-8H2,(H2,22,24). The van der Waals surface area contributed by atoms with E-state index in [-0.39, 0.29) is 5.82 Å². The molecule has 118 valence electrons. The van der Waals surface area contributed by atoms with Gasteiger partial charge >= 0.3 is 0 Å². The van der Waals surface area contributed by atoms with Crippen LogP contribution in [0.15, 0.2) is 59.7 Å². The van der Waals surface area contributed by atoms with Crippen LogP contribution in [0.3, 0.4) is 0 Å². The molecule has 1 aliphatic heterocycles. The molecule has 0 saturated carbocycles. The van der Waals surface area contributed by atoms with Gasteiger partial charge in [0.2, 0.25) is 0 Å². The predicted octanol–water partition coefficient (Wildman–Crippen LogP) is 4.11. The minimum absolute atomic E-state index is 0.267. The number of hydrogen-bond donors (Lipinski definition) is 1. The first kappa shape index (κ1) is 14.6. The van der Waals surface area contributed by atoms with Crippen molar-refractivity contribution in [2.24, 2.45) is 4.99 Å². The van der Waals surface area contributed by atoms with Crippen molar-refractivity contribution in [3.63, 3.8) is 0 Å². The summed E-state index contributed by atoms with van der Waals surface area (Å²) >= 11 is 0. The van der Waals surface area contributed by atoms with E-state index in [1.165, 1.54) is 11.6 Å². The van der Waals surface area contributed by atoms with Gasteiger partial charge in [0.1, 0.15) is 11.6 Å². The number of nitrogens with two attached hydrogens (primary N) is 1. The van der Waals surface area contributed by atoms with Crippen LogP contribution in [0.5, 0.6) is 0 Å². The molecule has 0 fully saturated rings. The highest BCUT2D eigenvalue weighted by Gasteiger charge is 2.12. The first-order valence-electron chi connectivity index (χ1n) is 7.86. The molecule has 1 aromatic heterocycles. The summed E-state index contributed by atoms with van der Waals surface area (Å²) in [6, 6.07) is 14.8. The number of fused-ring (bicyclic) bond motifs is 1. The average Bonchev–Trinajstić information content (AvgIpc) is 2.62. The fourth-order valence-corrected chi connectivity index (χ4v) is 3.01. The van der Waals surface area contributed by atoms with Gasteiger partial charge in [-0.05, 0) is 35.2 Å². The maximum atomic E-state index is 14.1. The summed E-state index contributed by atoms with van der Waals surface area (Å²) in [5.41, 5.74) is 11.5. The van der Waals surface area contributed by atoms with E-state index in [2.05, 4.69) is 16.0 Å². The number of benzene rings is 2. The molecule has 2 heterocycles. The van der Waals surface area contributed by atoms with Crippen molar-refractivity contribution in [1.29, 1.82) is 0 Å². The highest BCUT2D eigenvalue weighted by atomic mass is 19.1. The summed E-state index contributed by atoms with van der Waals surface area (Å²) in [7, 11) is 0. The summed E-state index contributed by atoms with van der Waals surface area (Å²) in [6.45, 7) is 0.805. The third-order valence-corrected chi connectivity index (χ3v) is 4.30. The molecule has 2 aromatic carbocycles. The lowest BCUT2D eigenvalue weighted by Crippen LogP contribution is -2.03. The Hall–Kier alpha value is -3.01. The summed E-state index contributed by atoms with van der Waals surface area (Å²) in [6.07, 6.45) is 4.43. The van der Waals surface area contributed by atoms with Crippen molar-refractivity contribution in [2.75, 3.05) is 12.3 Å². The van der Waals surface area contributed by atoms with E-state index in [4.69, 9.17) is 5.73 Å². The van der Waals surface area contributed by atoms with Crippen molar-refractivity contribution in [3.05, 3.63) is 71.7 Å². The van der Waals surface area contributed by atoms with Crippen LogP contribution in [0.25, 0.3) is 22.3 Å². The van der Waals surface area contributed by atoms with E-state index < -0.39 is 0 Å². The number of rotatable bonds is 2. The number of hydrogen-bond acceptors (Lipinski definition) is 3. The Morgan fingerprint density at radius 2 is 1.83 bits per heavy atom. The van der Waals surface area contributed by atoms with Gasteiger partial charge < -0.3 is 5.73 Å². The van der Waals surface area contributed by atoms with Gasteiger partial charge in [-0.3, -0.25) is 4.99 Å². The van der Waals surface area contributed by atoms with E-state index in [9.17, 15) is 4.39 Å². The second-order valence-electron chi connectivity index (χ2n) is 5.84. The number of pyridine rings is 1. The Bertz CT molecular complexity index is 947. The third kappa shape index (κ3) is 2.56. The molecule has 4 rings (SSSR count). The lowest BCUT2D eigenvalue weighted by molar-refractivity contribution is 0.631. The quantitative estimate of drug-likeness (QED) is 0.773. The zero-order chi connectivity index (χ0) is 16.5. The fraction of sp³-hybridized carbons (Fsp3) is 0.100. The van der Waals surface area contributed by atoms with Crippen LogP contribution >= 0.6 is 0 Å². The Labute approximate surface area is 139 Å². The van der Waals surface area contributed by atoms with Crippen LogP contribution in [-0.2, 0) is 6.42 Å². The van der Waals surface area contributed by atoms with Crippen LogP contribution in [0.1, 0.15) is 11.1 Å².